The average Bonchev–Trinajstić information content (AvgIpc) is 2.92. The van der Waals surface area contributed by atoms with Crippen LogP contribution in [0.4, 0.5) is 4.79 Å². The molecule has 110 valence electrons. The first-order chi connectivity index (χ1) is 10.1. The summed E-state index contributed by atoms with van der Waals surface area (Å²) in [5.41, 5.74) is 4.97. The van der Waals surface area contributed by atoms with Crippen LogP contribution in [0, 0.1) is 0 Å². The Morgan fingerprint density at radius 1 is 1.48 bits per heavy atom. The van der Waals surface area contributed by atoms with Gasteiger partial charge < -0.3 is 10.2 Å². The fourth-order valence-electron chi connectivity index (χ4n) is 1.51. The molecule has 0 aliphatic rings. The first-order valence-electron chi connectivity index (χ1n) is 6.20. The van der Waals surface area contributed by atoms with E-state index in [0.717, 1.165) is 5.03 Å². The van der Waals surface area contributed by atoms with Crippen LogP contribution in [0.25, 0.3) is 6.08 Å². The third-order valence-electron chi connectivity index (χ3n) is 2.60. The van der Waals surface area contributed by atoms with E-state index in [1.54, 1.807) is 31.3 Å². The van der Waals surface area contributed by atoms with Crippen LogP contribution >= 0.6 is 11.8 Å². The molecule has 2 aromatic heterocycles. The van der Waals surface area contributed by atoms with Gasteiger partial charge in [-0.2, -0.15) is 5.06 Å². The van der Waals surface area contributed by atoms with Gasteiger partial charge in [-0.25, -0.2) is 9.78 Å². The number of furan rings is 1. The summed E-state index contributed by atoms with van der Waals surface area (Å²) in [5, 5.41) is 11.3. The van der Waals surface area contributed by atoms with Gasteiger partial charge in [0.15, 0.2) is 5.09 Å². The number of hydroxylamine groups is 2. The molecular weight excluding hydrogens is 290 g/mol. The Morgan fingerprint density at radius 2 is 2.29 bits per heavy atom. The fraction of sp³-hybridized carbons (Fsp3) is 0.143. The Labute approximate surface area is 126 Å². The lowest BCUT2D eigenvalue weighted by Crippen LogP contribution is -2.38. The molecule has 0 aliphatic heterocycles. The third-order valence-corrected chi connectivity index (χ3v) is 3.47. The summed E-state index contributed by atoms with van der Waals surface area (Å²) in [6.45, 7) is 1.63. The molecule has 0 spiro atoms. The van der Waals surface area contributed by atoms with Crippen molar-refractivity contribution in [1.29, 1.82) is 0 Å². The van der Waals surface area contributed by atoms with Gasteiger partial charge in [0.1, 0.15) is 10.8 Å². The Balaban J connectivity index is 1.98. The van der Waals surface area contributed by atoms with Crippen molar-refractivity contribution in [2.24, 2.45) is 5.73 Å². The second-order valence-electron chi connectivity index (χ2n) is 4.21. The molecule has 0 fully saturated rings. The highest BCUT2D eigenvalue weighted by Crippen LogP contribution is 2.27. The molecular formula is C14H15N3O3S. The van der Waals surface area contributed by atoms with E-state index in [4.69, 9.17) is 10.2 Å². The predicted octanol–water partition coefficient (Wildman–Crippen LogP) is 3.00. The van der Waals surface area contributed by atoms with Crippen molar-refractivity contribution >= 4 is 23.9 Å². The summed E-state index contributed by atoms with van der Waals surface area (Å²) in [6.07, 6.45) is 4.99. The van der Waals surface area contributed by atoms with E-state index < -0.39 is 12.1 Å². The van der Waals surface area contributed by atoms with Crippen LogP contribution in [-0.2, 0) is 0 Å². The highest BCUT2D eigenvalue weighted by atomic mass is 32.2. The summed E-state index contributed by atoms with van der Waals surface area (Å²) in [4.78, 5) is 15.0. The standard InChI is InChI=1S/C14H15N3O3S/c1-10(17(19)14(15)18)5-6-11-7-8-13(20-11)21-12-4-2-3-9-16-12/h2-10,19H,1H3,(H2,15,18)/b6-5+. The third kappa shape index (κ3) is 4.37. The van der Waals surface area contributed by atoms with Gasteiger partial charge in [0.2, 0.25) is 0 Å². The summed E-state index contributed by atoms with van der Waals surface area (Å²) in [7, 11) is 0. The molecule has 2 heterocycles. The number of aromatic nitrogens is 1. The molecule has 7 heteroatoms. The molecule has 1 unspecified atom stereocenters. The average molecular weight is 305 g/mol. The summed E-state index contributed by atoms with van der Waals surface area (Å²) in [6, 6.07) is 7.81. The number of nitrogens with zero attached hydrogens (tertiary/aromatic N) is 2. The van der Waals surface area contributed by atoms with E-state index in [1.807, 2.05) is 24.3 Å². The molecule has 2 amide bonds. The van der Waals surface area contributed by atoms with Crippen molar-refractivity contribution in [3.05, 3.63) is 48.4 Å². The summed E-state index contributed by atoms with van der Waals surface area (Å²) in [5.74, 6) is 0.609. The quantitative estimate of drug-likeness (QED) is 0.654. The Bertz CT molecular complexity index is 627. The van der Waals surface area contributed by atoms with E-state index >= 15 is 0 Å². The van der Waals surface area contributed by atoms with Gasteiger partial charge in [-0.3, -0.25) is 5.21 Å². The van der Waals surface area contributed by atoms with E-state index in [1.165, 1.54) is 11.8 Å². The number of primary amides is 1. The monoisotopic (exact) mass is 305 g/mol. The second kappa shape index (κ2) is 6.96. The van der Waals surface area contributed by atoms with Crippen LogP contribution in [-0.4, -0.2) is 27.3 Å². The smallest absolute Gasteiger partial charge is 0.339 e. The van der Waals surface area contributed by atoms with Gasteiger partial charge >= 0.3 is 6.03 Å². The van der Waals surface area contributed by atoms with Crippen molar-refractivity contribution in [2.45, 2.75) is 23.1 Å². The van der Waals surface area contributed by atoms with Crippen LogP contribution in [0.5, 0.6) is 0 Å². The van der Waals surface area contributed by atoms with Crippen molar-refractivity contribution in [2.75, 3.05) is 0 Å². The maximum absolute atomic E-state index is 10.8. The van der Waals surface area contributed by atoms with Gasteiger partial charge in [-0.15, -0.1) is 0 Å². The van der Waals surface area contributed by atoms with Crippen LogP contribution in [0.3, 0.4) is 0 Å². The first kappa shape index (κ1) is 15.1. The fourth-order valence-corrected chi connectivity index (χ4v) is 2.25. The van der Waals surface area contributed by atoms with Gasteiger partial charge in [0, 0.05) is 6.20 Å². The Hall–Kier alpha value is -2.25. The number of hydrogen-bond acceptors (Lipinski definition) is 5. The van der Waals surface area contributed by atoms with E-state index in [2.05, 4.69) is 4.98 Å². The summed E-state index contributed by atoms with van der Waals surface area (Å²) >= 11 is 1.41. The van der Waals surface area contributed by atoms with Crippen LogP contribution in [0.1, 0.15) is 12.7 Å². The second-order valence-corrected chi connectivity index (χ2v) is 5.23. The van der Waals surface area contributed by atoms with E-state index in [9.17, 15) is 10.0 Å². The predicted molar refractivity (Wildman–Crippen MR) is 78.8 cm³/mol. The van der Waals surface area contributed by atoms with Crippen molar-refractivity contribution in [3.63, 3.8) is 0 Å². The maximum Gasteiger partial charge on any atom is 0.339 e. The lowest BCUT2D eigenvalue weighted by Gasteiger charge is -2.16. The van der Waals surface area contributed by atoms with E-state index in [0.29, 0.717) is 15.9 Å². The minimum Gasteiger partial charge on any atom is -0.450 e. The molecule has 0 aromatic carbocycles. The molecule has 6 nitrogen and oxygen atoms in total. The van der Waals surface area contributed by atoms with Gasteiger partial charge in [0.25, 0.3) is 0 Å². The molecule has 2 aromatic rings. The van der Waals surface area contributed by atoms with Crippen LogP contribution < -0.4 is 5.73 Å². The van der Waals surface area contributed by atoms with Crippen LogP contribution in [0.15, 0.2) is 57.1 Å². The Morgan fingerprint density at radius 3 is 2.95 bits per heavy atom. The molecule has 21 heavy (non-hydrogen) atoms. The molecule has 0 saturated heterocycles. The number of hydrogen-bond donors (Lipinski definition) is 2. The largest absolute Gasteiger partial charge is 0.450 e. The molecule has 3 N–H and O–H groups in total. The zero-order valence-electron chi connectivity index (χ0n) is 11.3. The zero-order valence-corrected chi connectivity index (χ0v) is 12.2. The molecule has 1 atom stereocenters. The van der Waals surface area contributed by atoms with Crippen molar-refractivity contribution < 1.29 is 14.4 Å². The number of nitrogens with two attached hydrogens (primary N) is 1. The number of amides is 2. The molecule has 0 aliphatic carbocycles. The lowest BCUT2D eigenvalue weighted by atomic mass is 10.3. The minimum absolute atomic E-state index is 0.447. The van der Waals surface area contributed by atoms with Crippen molar-refractivity contribution in [1.82, 2.24) is 10.0 Å². The minimum atomic E-state index is -0.905. The maximum atomic E-state index is 10.8. The lowest BCUT2D eigenvalue weighted by molar-refractivity contribution is -0.0560. The zero-order chi connectivity index (χ0) is 15.2. The number of urea groups is 1. The SMILES string of the molecule is CC(/C=C/c1ccc(Sc2ccccn2)o1)N(O)C(N)=O. The normalized spacial score (nSPS) is 12.5. The highest BCUT2D eigenvalue weighted by Gasteiger charge is 2.11. The topological polar surface area (TPSA) is 92.6 Å². The molecule has 0 saturated carbocycles. The number of pyridine rings is 1. The van der Waals surface area contributed by atoms with Gasteiger partial charge in [-0.1, -0.05) is 12.1 Å². The molecule has 2 rings (SSSR count). The van der Waals surface area contributed by atoms with Crippen LogP contribution in [0.2, 0.25) is 0 Å². The summed E-state index contributed by atoms with van der Waals surface area (Å²) < 4.78 is 5.60. The van der Waals surface area contributed by atoms with Gasteiger partial charge in [-0.05, 0) is 49.0 Å². The van der Waals surface area contributed by atoms with E-state index in [-0.39, 0.29) is 0 Å². The first-order valence-corrected chi connectivity index (χ1v) is 7.02. The number of carbonyl (C=O) groups excluding carboxylic acids is 1. The van der Waals surface area contributed by atoms with Crippen molar-refractivity contribution in [3.8, 4) is 0 Å². The molecule has 0 bridgehead atoms. The molecule has 0 radical (unpaired) electrons. The Kier molecular flexibility index (Phi) is 5.02. The highest BCUT2D eigenvalue weighted by molar-refractivity contribution is 7.99. The number of rotatable bonds is 5. The number of carbonyl (C=O) groups is 1. The van der Waals surface area contributed by atoms with Gasteiger partial charge in [0.05, 0.1) is 6.04 Å².